The summed E-state index contributed by atoms with van der Waals surface area (Å²) >= 11 is 0. The van der Waals surface area contributed by atoms with Gasteiger partial charge in [-0.25, -0.2) is 4.99 Å². The lowest BCUT2D eigenvalue weighted by Crippen LogP contribution is -2.36. The van der Waals surface area contributed by atoms with E-state index < -0.39 is 6.61 Å². The molecule has 174 valence electrons. The van der Waals surface area contributed by atoms with Gasteiger partial charge < -0.3 is 25.0 Å². The molecule has 0 saturated carbocycles. The van der Waals surface area contributed by atoms with Crippen molar-refractivity contribution in [3.05, 3.63) is 59.2 Å². The van der Waals surface area contributed by atoms with Crippen LogP contribution in [0.4, 0.5) is 8.78 Å². The maximum absolute atomic E-state index is 12.7. The number of hydrogen-bond acceptors (Lipinski definition) is 4. The van der Waals surface area contributed by atoms with E-state index in [1.54, 1.807) is 32.3 Å². The number of aliphatic imine (C=N–C) groups is 1. The molecule has 2 N–H and O–H groups in total. The van der Waals surface area contributed by atoms with E-state index in [0.717, 1.165) is 11.1 Å². The highest BCUT2D eigenvalue weighted by Crippen LogP contribution is 2.22. The molecule has 0 aliphatic carbocycles. The number of likely N-dealkylation sites (N-methyl/N-ethyl adjacent to an activating group) is 1. The summed E-state index contributed by atoms with van der Waals surface area (Å²) < 4.78 is 35.5. The Hall–Kier alpha value is -3.36. The van der Waals surface area contributed by atoms with Gasteiger partial charge in [0.1, 0.15) is 11.5 Å². The van der Waals surface area contributed by atoms with Gasteiger partial charge in [0.25, 0.3) is 5.91 Å². The summed E-state index contributed by atoms with van der Waals surface area (Å²) in [6.45, 7) is 2.16. The van der Waals surface area contributed by atoms with Crippen LogP contribution in [-0.2, 0) is 17.9 Å². The van der Waals surface area contributed by atoms with Crippen molar-refractivity contribution in [1.82, 2.24) is 15.5 Å². The minimum atomic E-state index is -2.89. The summed E-state index contributed by atoms with van der Waals surface area (Å²) in [5.74, 6) is 1.12. The Balaban J connectivity index is 2.04. The zero-order valence-corrected chi connectivity index (χ0v) is 18.8. The molecule has 0 radical (unpaired) electrons. The predicted molar refractivity (Wildman–Crippen MR) is 120 cm³/mol. The van der Waals surface area contributed by atoms with Gasteiger partial charge in [-0.2, -0.15) is 8.78 Å². The third-order valence-corrected chi connectivity index (χ3v) is 4.40. The lowest BCUT2D eigenvalue weighted by molar-refractivity contribution is -0.130. The fraction of sp³-hybridized carbons (Fsp3) is 0.391. The van der Waals surface area contributed by atoms with Gasteiger partial charge >= 0.3 is 6.61 Å². The second kappa shape index (κ2) is 12.5. The molecule has 7 nitrogen and oxygen atoms in total. The fourth-order valence-electron chi connectivity index (χ4n) is 2.76. The van der Waals surface area contributed by atoms with Crippen LogP contribution in [0.1, 0.15) is 23.6 Å². The van der Waals surface area contributed by atoms with E-state index in [0.29, 0.717) is 30.4 Å². The summed E-state index contributed by atoms with van der Waals surface area (Å²) in [4.78, 5) is 17.7. The summed E-state index contributed by atoms with van der Waals surface area (Å²) in [5, 5.41) is 6.28. The summed E-state index contributed by atoms with van der Waals surface area (Å²) in [5.41, 5.74) is 2.45. The summed E-state index contributed by atoms with van der Waals surface area (Å²) in [6, 6.07) is 12.4. The minimum absolute atomic E-state index is 0.0383. The van der Waals surface area contributed by atoms with E-state index in [4.69, 9.17) is 4.74 Å². The Labute approximate surface area is 187 Å². The SMILES string of the molecule is CCNC(=NCc1cccc(OCC(=O)N(C)C)c1)NCc1cc(C)ccc1OC(F)F. The first-order valence-electron chi connectivity index (χ1n) is 10.3. The van der Waals surface area contributed by atoms with Gasteiger partial charge in [-0.05, 0) is 37.6 Å². The monoisotopic (exact) mass is 448 g/mol. The fourth-order valence-corrected chi connectivity index (χ4v) is 2.76. The molecule has 0 heterocycles. The van der Waals surface area contributed by atoms with Crippen molar-refractivity contribution < 1.29 is 23.0 Å². The number of aryl methyl sites for hydroxylation is 1. The molecule has 0 bridgehead atoms. The van der Waals surface area contributed by atoms with Crippen molar-refractivity contribution in [1.29, 1.82) is 0 Å². The van der Waals surface area contributed by atoms with Crippen molar-refractivity contribution in [2.45, 2.75) is 33.5 Å². The Morgan fingerprint density at radius 2 is 1.94 bits per heavy atom. The first-order valence-corrected chi connectivity index (χ1v) is 10.3. The second-order valence-electron chi connectivity index (χ2n) is 7.26. The molecular weight excluding hydrogens is 418 g/mol. The van der Waals surface area contributed by atoms with Crippen LogP contribution in [0.3, 0.4) is 0 Å². The van der Waals surface area contributed by atoms with Crippen molar-refractivity contribution in [3.63, 3.8) is 0 Å². The third kappa shape index (κ3) is 8.41. The number of nitrogens with one attached hydrogen (secondary N) is 2. The van der Waals surface area contributed by atoms with Crippen LogP contribution in [0.15, 0.2) is 47.5 Å². The van der Waals surface area contributed by atoms with Crippen molar-refractivity contribution in [2.75, 3.05) is 27.2 Å². The van der Waals surface area contributed by atoms with E-state index in [1.165, 1.54) is 11.0 Å². The smallest absolute Gasteiger partial charge is 0.387 e. The van der Waals surface area contributed by atoms with Crippen LogP contribution in [0, 0.1) is 6.92 Å². The number of carbonyl (C=O) groups excluding carboxylic acids is 1. The molecule has 0 unspecified atom stereocenters. The molecule has 9 heteroatoms. The highest BCUT2D eigenvalue weighted by atomic mass is 19.3. The number of nitrogens with zero attached hydrogens (tertiary/aromatic N) is 2. The Bertz CT molecular complexity index is 920. The average molecular weight is 449 g/mol. The highest BCUT2D eigenvalue weighted by Gasteiger charge is 2.11. The first-order chi connectivity index (χ1) is 15.3. The van der Waals surface area contributed by atoms with Crippen LogP contribution in [0.25, 0.3) is 0 Å². The molecule has 2 aromatic carbocycles. The van der Waals surface area contributed by atoms with Crippen molar-refractivity contribution >= 4 is 11.9 Å². The van der Waals surface area contributed by atoms with Gasteiger partial charge in [0.05, 0.1) is 6.54 Å². The largest absolute Gasteiger partial charge is 0.484 e. The maximum atomic E-state index is 12.7. The van der Waals surface area contributed by atoms with Crippen LogP contribution in [-0.4, -0.2) is 50.6 Å². The Kier molecular flexibility index (Phi) is 9.72. The quantitative estimate of drug-likeness (QED) is 0.431. The Morgan fingerprint density at radius 3 is 2.62 bits per heavy atom. The molecule has 0 aliphatic heterocycles. The summed E-state index contributed by atoms with van der Waals surface area (Å²) in [6.07, 6.45) is 0. The molecular formula is C23H30F2N4O3. The summed E-state index contributed by atoms with van der Waals surface area (Å²) in [7, 11) is 3.34. The minimum Gasteiger partial charge on any atom is -0.484 e. The molecule has 1 amide bonds. The third-order valence-electron chi connectivity index (χ3n) is 4.40. The standard InChI is InChI=1S/C23H30F2N4O3/c1-5-26-23(28-14-18-11-16(2)9-10-20(18)32-22(24)25)27-13-17-7-6-8-19(12-17)31-15-21(30)29(3)4/h6-12,22H,5,13-15H2,1-4H3,(H2,26,27,28). The number of halogens is 2. The first kappa shape index (κ1) is 24.9. The van der Waals surface area contributed by atoms with E-state index in [2.05, 4.69) is 20.4 Å². The lowest BCUT2D eigenvalue weighted by atomic mass is 10.1. The molecule has 2 aromatic rings. The number of ether oxygens (including phenoxy) is 2. The average Bonchev–Trinajstić information content (AvgIpc) is 2.75. The zero-order valence-electron chi connectivity index (χ0n) is 18.8. The van der Waals surface area contributed by atoms with Gasteiger partial charge in [-0.15, -0.1) is 0 Å². The van der Waals surface area contributed by atoms with Crippen molar-refractivity contribution in [3.8, 4) is 11.5 Å². The number of carbonyl (C=O) groups is 1. The number of alkyl halides is 2. The number of guanidine groups is 1. The molecule has 0 saturated heterocycles. The molecule has 0 spiro atoms. The van der Waals surface area contributed by atoms with E-state index in [9.17, 15) is 13.6 Å². The normalized spacial score (nSPS) is 11.3. The van der Waals surface area contributed by atoms with Gasteiger partial charge in [-0.3, -0.25) is 4.79 Å². The van der Waals surface area contributed by atoms with Gasteiger partial charge in [0.15, 0.2) is 12.6 Å². The topological polar surface area (TPSA) is 75.2 Å². The molecule has 0 atom stereocenters. The van der Waals surface area contributed by atoms with Crippen LogP contribution >= 0.6 is 0 Å². The predicted octanol–water partition coefficient (Wildman–Crippen LogP) is 3.32. The van der Waals surface area contributed by atoms with Crippen LogP contribution in [0.5, 0.6) is 11.5 Å². The van der Waals surface area contributed by atoms with E-state index in [-0.39, 0.29) is 24.8 Å². The number of hydrogen-bond donors (Lipinski definition) is 2. The number of rotatable bonds is 10. The van der Waals surface area contributed by atoms with E-state index in [1.807, 2.05) is 32.0 Å². The zero-order chi connectivity index (χ0) is 23.5. The van der Waals surface area contributed by atoms with Crippen LogP contribution < -0.4 is 20.1 Å². The van der Waals surface area contributed by atoms with E-state index >= 15 is 0 Å². The molecule has 0 aliphatic rings. The van der Waals surface area contributed by atoms with Gasteiger partial charge in [0.2, 0.25) is 0 Å². The van der Waals surface area contributed by atoms with Crippen LogP contribution in [0.2, 0.25) is 0 Å². The molecule has 0 fully saturated rings. The van der Waals surface area contributed by atoms with Gasteiger partial charge in [-0.1, -0.05) is 29.8 Å². The molecule has 32 heavy (non-hydrogen) atoms. The molecule has 0 aromatic heterocycles. The number of benzene rings is 2. The Morgan fingerprint density at radius 1 is 1.16 bits per heavy atom. The van der Waals surface area contributed by atoms with Crippen molar-refractivity contribution in [2.24, 2.45) is 4.99 Å². The highest BCUT2D eigenvalue weighted by molar-refractivity contribution is 5.79. The lowest BCUT2D eigenvalue weighted by Gasteiger charge is -2.15. The number of amides is 1. The van der Waals surface area contributed by atoms with Gasteiger partial charge in [0, 0.05) is 32.7 Å². The second-order valence-corrected chi connectivity index (χ2v) is 7.26. The maximum Gasteiger partial charge on any atom is 0.387 e. The molecule has 2 rings (SSSR count).